The van der Waals surface area contributed by atoms with Crippen LogP contribution in [0.15, 0.2) is 48.5 Å². The zero-order chi connectivity index (χ0) is 24.1. The fourth-order valence-electron chi connectivity index (χ4n) is 5.43. The Morgan fingerprint density at radius 1 is 1.06 bits per heavy atom. The first-order valence-corrected chi connectivity index (χ1v) is 11.9. The Kier molecular flexibility index (Phi) is 5.38. The molecule has 2 fully saturated rings. The Morgan fingerprint density at radius 3 is 2.18 bits per heavy atom. The molecule has 2 aromatic rings. The van der Waals surface area contributed by atoms with Crippen molar-refractivity contribution in [3.63, 3.8) is 0 Å². The quantitative estimate of drug-likeness (QED) is 0.679. The molecule has 2 aliphatic carbocycles. The summed E-state index contributed by atoms with van der Waals surface area (Å²) in [6.45, 7) is 4.62. The van der Waals surface area contributed by atoms with Crippen LogP contribution >= 0.6 is 0 Å². The molecule has 34 heavy (non-hydrogen) atoms. The van der Waals surface area contributed by atoms with Crippen LogP contribution in [0.4, 0.5) is 4.79 Å². The van der Waals surface area contributed by atoms with E-state index in [0.29, 0.717) is 19.4 Å². The summed E-state index contributed by atoms with van der Waals surface area (Å²) in [5.74, 6) is -1.09. The third-order valence-corrected chi connectivity index (χ3v) is 8.10. The van der Waals surface area contributed by atoms with Gasteiger partial charge >= 0.3 is 12.1 Å². The highest BCUT2D eigenvalue weighted by molar-refractivity contribution is 5.88. The highest BCUT2D eigenvalue weighted by Gasteiger charge is 2.56. The van der Waals surface area contributed by atoms with Crippen LogP contribution in [0.1, 0.15) is 43.7 Å². The standard InChI is InChI=1S/C27H30N2O5/c1-17-13-29(16-26(17,2)24(31)32)23(30)27(11-12-27)15-28-25(33)34-14-22-20-9-5-3-7-18(20)19-8-4-6-10-21(19)22/h3-10,17,22H,11-16H2,1-2H3,(H,28,33)(H,31,32). The monoisotopic (exact) mass is 462 g/mol. The van der Waals surface area contributed by atoms with Gasteiger partial charge in [-0.3, -0.25) is 9.59 Å². The molecule has 2 unspecified atom stereocenters. The molecule has 0 radical (unpaired) electrons. The summed E-state index contributed by atoms with van der Waals surface area (Å²) in [4.78, 5) is 39.1. The summed E-state index contributed by atoms with van der Waals surface area (Å²) in [5.41, 5.74) is 3.05. The maximum absolute atomic E-state index is 13.2. The van der Waals surface area contributed by atoms with Crippen molar-refractivity contribution >= 4 is 18.0 Å². The fourth-order valence-corrected chi connectivity index (χ4v) is 5.43. The van der Waals surface area contributed by atoms with Crippen molar-refractivity contribution in [3.05, 3.63) is 59.7 Å². The Morgan fingerprint density at radius 2 is 1.65 bits per heavy atom. The minimum absolute atomic E-state index is 0.0190. The molecule has 3 aliphatic rings. The smallest absolute Gasteiger partial charge is 0.407 e. The molecule has 2 atom stereocenters. The summed E-state index contributed by atoms with van der Waals surface area (Å²) in [6, 6.07) is 16.3. The highest BCUT2D eigenvalue weighted by atomic mass is 16.5. The van der Waals surface area contributed by atoms with E-state index in [0.717, 1.165) is 11.1 Å². The van der Waals surface area contributed by atoms with E-state index < -0.39 is 22.9 Å². The van der Waals surface area contributed by atoms with Crippen molar-refractivity contribution in [1.82, 2.24) is 10.2 Å². The molecule has 1 saturated heterocycles. The molecule has 0 spiro atoms. The third-order valence-electron chi connectivity index (χ3n) is 8.10. The molecule has 2 N–H and O–H groups in total. The predicted octanol–water partition coefficient (Wildman–Crippen LogP) is 3.87. The lowest BCUT2D eigenvalue weighted by Gasteiger charge is -2.25. The number of likely N-dealkylation sites (tertiary alicyclic amines) is 1. The number of alkyl carbamates (subject to hydrolysis) is 1. The summed E-state index contributed by atoms with van der Waals surface area (Å²) >= 11 is 0. The van der Waals surface area contributed by atoms with Crippen LogP contribution in [-0.2, 0) is 14.3 Å². The number of nitrogens with zero attached hydrogens (tertiary/aromatic N) is 1. The minimum atomic E-state index is -0.939. The molecule has 2 amide bonds. The zero-order valence-electron chi connectivity index (χ0n) is 19.5. The lowest BCUT2D eigenvalue weighted by molar-refractivity contribution is -0.149. The van der Waals surface area contributed by atoms with Crippen LogP contribution in [0.5, 0.6) is 0 Å². The summed E-state index contributed by atoms with van der Waals surface area (Å²) in [6.07, 6.45) is 0.833. The van der Waals surface area contributed by atoms with Crippen molar-refractivity contribution in [2.24, 2.45) is 16.7 Å². The van der Waals surface area contributed by atoms with Crippen molar-refractivity contribution in [3.8, 4) is 11.1 Å². The van der Waals surface area contributed by atoms with Crippen LogP contribution in [0, 0.1) is 16.7 Å². The molecule has 7 heteroatoms. The molecule has 1 heterocycles. The Hall–Kier alpha value is -3.35. The second-order valence-electron chi connectivity index (χ2n) is 10.3. The molecule has 1 aliphatic heterocycles. The second-order valence-corrected chi connectivity index (χ2v) is 10.3. The first-order valence-electron chi connectivity index (χ1n) is 11.9. The number of nitrogens with one attached hydrogen (secondary N) is 1. The highest BCUT2D eigenvalue weighted by Crippen LogP contribution is 2.49. The number of carbonyl (C=O) groups excluding carboxylic acids is 2. The maximum atomic E-state index is 13.2. The van der Waals surface area contributed by atoms with Gasteiger partial charge in [-0.1, -0.05) is 55.5 Å². The number of ether oxygens (including phenoxy) is 1. The molecule has 0 bridgehead atoms. The van der Waals surface area contributed by atoms with Crippen molar-refractivity contribution in [2.75, 3.05) is 26.2 Å². The molecular weight excluding hydrogens is 432 g/mol. The van der Waals surface area contributed by atoms with Gasteiger partial charge < -0.3 is 20.1 Å². The normalized spacial score (nSPS) is 24.3. The number of aliphatic carboxylic acids is 1. The molecule has 7 nitrogen and oxygen atoms in total. The van der Waals surface area contributed by atoms with E-state index in [9.17, 15) is 19.5 Å². The first-order chi connectivity index (χ1) is 16.2. The Balaban J connectivity index is 1.18. The van der Waals surface area contributed by atoms with Crippen LogP contribution in [-0.4, -0.2) is 54.2 Å². The van der Waals surface area contributed by atoms with Gasteiger partial charge in [0.2, 0.25) is 5.91 Å². The van der Waals surface area contributed by atoms with E-state index in [4.69, 9.17) is 4.74 Å². The van der Waals surface area contributed by atoms with E-state index in [1.807, 2.05) is 31.2 Å². The Labute approximate surface area is 199 Å². The van der Waals surface area contributed by atoms with Crippen molar-refractivity contribution in [1.29, 1.82) is 0 Å². The Bertz CT molecular complexity index is 1110. The number of carboxylic acids is 1. The number of fused-ring (bicyclic) bond motifs is 3. The number of carbonyl (C=O) groups is 3. The molecule has 1 saturated carbocycles. The van der Waals surface area contributed by atoms with Crippen LogP contribution in [0.3, 0.4) is 0 Å². The fraction of sp³-hybridized carbons (Fsp3) is 0.444. The predicted molar refractivity (Wildman–Crippen MR) is 126 cm³/mol. The lowest BCUT2D eigenvalue weighted by atomic mass is 9.81. The number of hydrogen-bond acceptors (Lipinski definition) is 4. The molecule has 2 aromatic carbocycles. The van der Waals surface area contributed by atoms with Crippen molar-refractivity contribution < 1.29 is 24.2 Å². The van der Waals surface area contributed by atoms with Crippen LogP contribution in [0.25, 0.3) is 11.1 Å². The zero-order valence-corrected chi connectivity index (χ0v) is 19.5. The maximum Gasteiger partial charge on any atom is 0.407 e. The SMILES string of the molecule is CC1CN(C(=O)C2(CNC(=O)OCC3c4ccccc4-c4ccccc43)CC2)CC1(C)C(=O)O. The summed E-state index contributed by atoms with van der Waals surface area (Å²) < 4.78 is 5.60. The minimum Gasteiger partial charge on any atom is -0.481 e. The van der Waals surface area contributed by atoms with E-state index >= 15 is 0 Å². The van der Waals surface area contributed by atoms with Gasteiger partial charge in [-0.2, -0.15) is 0 Å². The van der Waals surface area contributed by atoms with Crippen LogP contribution in [0.2, 0.25) is 0 Å². The topological polar surface area (TPSA) is 95.9 Å². The van der Waals surface area contributed by atoms with E-state index in [2.05, 4.69) is 29.6 Å². The van der Waals surface area contributed by atoms with Gasteiger partial charge in [-0.25, -0.2) is 4.79 Å². The van der Waals surface area contributed by atoms with E-state index in [1.54, 1.807) is 11.8 Å². The van der Waals surface area contributed by atoms with Gasteiger partial charge in [-0.15, -0.1) is 0 Å². The average molecular weight is 463 g/mol. The van der Waals surface area contributed by atoms with Gasteiger partial charge in [0.05, 0.1) is 10.8 Å². The number of benzene rings is 2. The molecular formula is C27H30N2O5. The van der Waals surface area contributed by atoms with Crippen molar-refractivity contribution in [2.45, 2.75) is 32.6 Å². The largest absolute Gasteiger partial charge is 0.481 e. The van der Waals surface area contributed by atoms with E-state index in [-0.39, 0.29) is 37.4 Å². The number of rotatable bonds is 6. The van der Waals surface area contributed by atoms with Gasteiger partial charge in [0, 0.05) is 25.6 Å². The lowest BCUT2D eigenvalue weighted by Crippen LogP contribution is -2.43. The molecule has 178 valence electrons. The number of hydrogen-bond donors (Lipinski definition) is 2. The van der Waals surface area contributed by atoms with Gasteiger partial charge in [0.1, 0.15) is 6.61 Å². The number of amides is 2. The first kappa shape index (κ1) is 22.4. The third kappa shape index (κ3) is 3.63. The summed E-state index contributed by atoms with van der Waals surface area (Å²) in [5, 5.41) is 12.4. The molecule has 0 aromatic heterocycles. The number of carboxylic acid groups (broad SMARTS) is 1. The van der Waals surface area contributed by atoms with Gasteiger partial charge in [0.25, 0.3) is 0 Å². The second kappa shape index (κ2) is 8.15. The van der Waals surface area contributed by atoms with Crippen LogP contribution < -0.4 is 5.32 Å². The summed E-state index contributed by atoms with van der Waals surface area (Å²) in [7, 11) is 0. The molecule has 5 rings (SSSR count). The average Bonchev–Trinajstić information content (AvgIpc) is 3.47. The van der Waals surface area contributed by atoms with Gasteiger partial charge in [0.15, 0.2) is 0 Å². The van der Waals surface area contributed by atoms with E-state index in [1.165, 1.54) is 11.1 Å². The van der Waals surface area contributed by atoms with Gasteiger partial charge in [-0.05, 0) is 47.9 Å².